The highest BCUT2D eigenvalue weighted by atomic mass is 32.1. The van der Waals surface area contributed by atoms with E-state index in [0.29, 0.717) is 37.5 Å². The van der Waals surface area contributed by atoms with Gasteiger partial charge in [0.25, 0.3) is 5.19 Å². The van der Waals surface area contributed by atoms with Crippen LogP contribution in [-0.2, 0) is 16.0 Å². The molecule has 0 aliphatic rings. The van der Waals surface area contributed by atoms with E-state index in [0.717, 1.165) is 18.1 Å². The Morgan fingerprint density at radius 1 is 1.16 bits per heavy atom. The summed E-state index contributed by atoms with van der Waals surface area (Å²) in [7, 11) is 1.65. The van der Waals surface area contributed by atoms with E-state index in [9.17, 15) is 0 Å². The van der Waals surface area contributed by atoms with Crippen LogP contribution in [0.4, 0.5) is 0 Å². The van der Waals surface area contributed by atoms with Crippen molar-refractivity contribution in [3.63, 3.8) is 0 Å². The van der Waals surface area contributed by atoms with Crippen LogP contribution in [0.5, 0.6) is 5.19 Å². The van der Waals surface area contributed by atoms with Gasteiger partial charge >= 0.3 is 0 Å². The van der Waals surface area contributed by atoms with Crippen molar-refractivity contribution in [3.05, 3.63) is 5.01 Å². The molecule has 0 radical (unpaired) electrons. The number of hydrogen-bond acceptors (Lipinski definition) is 7. The molecule has 7 heteroatoms. The summed E-state index contributed by atoms with van der Waals surface area (Å²) < 4.78 is 15.6. The summed E-state index contributed by atoms with van der Waals surface area (Å²) in [5, 5.41) is 12.9. The summed E-state index contributed by atoms with van der Waals surface area (Å²) in [4.78, 5) is 0. The lowest BCUT2D eigenvalue weighted by atomic mass is 10.2. The molecule has 19 heavy (non-hydrogen) atoms. The Balaban J connectivity index is 2.09. The van der Waals surface area contributed by atoms with Gasteiger partial charge in [-0.25, -0.2) is 0 Å². The van der Waals surface area contributed by atoms with Crippen LogP contribution < -0.4 is 10.1 Å². The Morgan fingerprint density at radius 2 is 1.95 bits per heavy atom. The molecule has 0 amide bonds. The van der Waals surface area contributed by atoms with Crippen LogP contribution in [0.1, 0.15) is 18.9 Å². The molecule has 0 fully saturated rings. The highest BCUT2D eigenvalue weighted by Crippen LogP contribution is 2.17. The van der Waals surface area contributed by atoms with Gasteiger partial charge in [0.15, 0.2) is 0 Å². The highest BCUT2D eigenvalue weighted by Gasteiger charge is 2.05. The van der Waals surface area contributed by atoms with Gasteiger partial charge in [0.2, 0.25) is 0 Å². The van der Waals surface area contributed by atoms with Crippen molar-refractivity contribution >= 4 is 11.3 Å². The minimum atomic E-state index is 0.484. The topological polar surface area (TPSA) is 65.5 Å². The van der Waals surface area contributed by atoms with E-state index in [1.54, 1.807) is 7.11 Å². The van der Waals surface area contributed by atoms with Gasteiger partial charge in [-0.05, 0) is 12.5 Å². The Morgan fingerprint density at radius 3 is 2.68 bits per heavy atom. The van der Waals surface area contributed by atoms with Crippen LogP contribution in [0.15, 0.2) is 0 Å². The molecule has 0 spiro atoms. The van der Waals surface area contributed by atoms with Gasteiger partial charge in [-0.2, -0.15) is 0 Å². The van der Waals surface area contributed by atoms with Gasteiger partial charge in [-0.1, -0.05) is 25.2 Å². The van der Waals surface area contributed by atoms with Gasteiger partial charge in [0.05, 0.1) is 19.8 Å². The molecule has 1 N–H and O–H groups in total. The Hall–Kier alpha value is -0.760. The molecule has 0 saturated carbocycles. The van der Waals surface area contributed by atoms with E-state index < -0.39 is 0 Å². The lowest BCUT2D eigenvalue weighted by Gasteiger charge is -2.04. The minimum Gasteiger partial charge on any atom is -0.466 e. The van der Waals surface area contributed by atoms with Crippen LogP contribution in [-0.4, -0.2) is 50.3 Å². The SMILES string of the molecule is COCCOCCOc1nnc(CNCC(C)C)s1. The van der Waals surface area contributed by atoms with Crippen LogP contribution in [0, 0.1) is 5.92 Å². The molecule has 1 rings (SSSR count). The van der Waals surface area contributed by atoms with E-state index in [1.165, 1.54) is 11.3 Å². The van der Waals surface area contributed by atoms with Crippen molar-refractivity contribution < 1.29 is 14.2 Å². The van der Waals surface area contributed by atoms with Crippen molar-refractivity contribution in [3.8, 4) is 5.19 Å². The molecule has 0 atom stereocenters. The maximum atomic E-state index is 5.45. The average molecular weight is 289 g/mol. The van der Waals surface area contributed by atoms with E-state index in [-0.39, 0.29) is 0 Å². The number of ether oxygens (including phenoxy) is 3. The van der Waals surface area contributed by atoms with Crippen LogP contribution in [0.2, 0.25) is 0 Å². The highest BCUT2D eigenvalue weighted by molar-refractivity contribution is 7.13. The number of nitrogens with zero attached hydrogens (tertiary/aromatic N) is 2. The smallest absolute Gasteiger partial charge is 0.294 e. The third kappa shape index (κ3) is 8.10. The summed E-state index contributed by atoms with van der Waals surface area (Å²) in [5.41, 5.74) is 0. The lowest BCUT2D eigenvalue weighted by molar-refractivity contribution is 0.0543. The van der Waals surface area contributed by atoms with Gasteiger partial charge in [-0.3, -0.25) is 0 Å². The fourth-order valence-electron chi connectivity index (χ4n) is 1.27. The zero-order valence-corrected chi connectivity index (χ0v) is 12.7. The Bertz CT molecular complexity index is 334. The number of aromatic nitrogens is 2. The van der Waals surface area contributed by atoms with Crippen LogP contribution in [0.25, 0.3) is 0 Å². The first-order valence-electron chi connectivity index (χ1n) is 6.45. The summed E-state index contributed by atoms with van der Waals surface area (Å²) in [6.07, 6.45) is 0. The second-order valence-electron chi connectivity index (χ2n) is 4.44. The van der Waals surface area contributed by atoms with Gasteiger partial charge < -0.3 is 19.5 Å². The molecule has 0 aromatic carbocycles. The number of rotatable bonds is 11. The maximum absolute atomic E-state index is 5.45. The fraction of sp³-hybridized carbons (Fsp3) is 0.833. The number of methoxy groups -OCH3 is 1. The van der Waals surface area contributed by atoms with E-state index in [1.807, 2.05) is 0 Å². The van der Waals surface area contributed by atoms with E-state index in [2.05, 4.69) is 29.4 Å². The molecule has 0 bridgehead atoms. The first-order chi connectivity index (χ1) is 9.22. The van der Waals surface area contributed by atoms with Crippen molar-refractivity contribution in [2.75, 3.05) is 40.1 Å². The normalized spacial score (nSPS) is 11.2. The first-order valence-corrected chi connectivity index (χ1v) is 7.26. The van der Waals surface area contributed by atoms with Gasteiger partial charge in [0.1, 0.15) is 11.6 Å². The molecule has 110 valence electrons. The van der Waals surface area contributed by atoms with Crippen molar-refractivity contribution in [1.29, 1.82) is 0 Å². The third-order valence-electron chi connectivity index (χ3n) is 2.16. The molecule has 1 heterocycles. The molecule has 0 unspecified atom stereocenters. The minimum absolute atomic E-state index is 0.484. The second kappa shape index (κ2) is 10.1. The van der Waals surface area contributed by atoms with Crippen LogP contribution in [0.3, 0.4) is 0 Å². The van der Waals surface area contributed by atoms with Crippen molar-refractivity contribution in [1.82, 2.24) is 15.5 Å². The summed E-state index contributed by atoms with van der Waals surface area (Å²) in [5.74, 6) is 0.632. The van der Waals surface area contributed by atoms with E-state index >= 15 is 0 Å². The quantitative estimate of drug-likeness (QED) is 0.620. The first kappa shape index (κ1) is 16.3. The molecule has 6 nitrogen and oxygen atoms in total. The molecular formula is C12H23N3O3S. The zero-order chi connectivity index (χ0) is 13.9. The molecule has 0 saturated heterocycles. The standard InChI is InChI=1S/C12H23N3O3S/c1-10(2)8-13-9-11-14-15-12(19-11)18-7-6-17-5-4-16-3/h10,13H,4-9H2,1-3H3. The summed E-state index contributed by atoms with van der Waals surface area (Å²) in [6.45, 7) is 8.26. The molecule has 1 aromatic rings. The lowest BCUT2D eigenvalue weighted by Crippen LogP contribution is -2.18. The number of hydrogen-bond donors (Lipinski definition) is 1. The fourth-order valence-corrected chi connectivity index (χ4v) is 1.95. The Labute approximate surface area is 118 Å². The van der Waals surface area contributed by atoms with Crippen molar-refractivity contribution in [2.45, 2.75) is 20.4 Å². The van der Waals surface area contributed by atoms with E-state index in [4.69, 9.17) is 14.2 Å². The van der Waals surface area contributed by atoms with Crippen molar-refractivity contribution in [2.24, 2.45) is 5.92 Å². The second-order valence-corrected chi connectivity index (χ2v) is 5.46. The molecule has 0 aliphatic heterocycles. The summed E-state index contributed by atoms with van der Waals surface area (Å²) >= 11 is 1.47. The molecular weight excluding hydrogens is 266 g/mol. The van der Waals surface area contributed by atoms with Gasteiger partial charge in [-0.15, -0.1) is 10.2 Å². The third-order valence-corrected chi connectivity index (χ3v) is 3.00. The van der Waals surface area contributed by atoms with Crippen LogP contribution >= 0.6 is 11.3 Å². The average Bonchev–Trinajstić information content (AvgIpc) is 2.81. The summed E-state index contributed by atoms with van der Waals surface area (Å²) in [6, 6.07) is 0. The largest absolute Gasteiger partial charge is 0.466 e. The monoisotopic (exact) mass is 289 g/mol. The number of nitrogens with one attached hydrogen (secondary N) is 1. The predicted octanol–water partition coefficient (Wildman–Crippen LogP) is 1.33. The Kier molecular flexibility index (Phi) is 8.64. The predicted molar refractivity (Wildman–Crippen MR) is 74.6 cm³/mol. The van der Waals surface area contributed by atoms with Gasteiger partial charge in [0, 0.05) is 13.7 Å². The molecule has 0 aliphatic carbocycles. The molecule has 1 aromatic heterocycles. The maximum Gasteiger partial charge on any atom is 0.294 e. The zero-order valence-electron chi connectivity index (χ0n) is 11.8.